The summed E-state index contributed by atoms with van der Waals surface area (Å²) < 4.78 is 13.5. The van der Waals surface area contributed by atoms with Crippen LogP contribution < -0.4 is 0 Å². The third-order valence-corrected chi connectivity index (χ3v) is 6.11. The molecular formula is C23H32N4O4. The first-order valence-electron chi connectivity index (χ1n) is 11.1. The number of carbonyl (C=O) groups is 1. The Morgan fingerprint density at radius 2 is 2.13 bits per heavy atom. The summed E-state index contributed by atoms with van der Waals surface area (Å²) in [6.07, 6.45) is 5.36. The largest absolute Gasteiger partial charge is 0.465 e. The molecule has 1 fully saturated rings. The molecule has 168 valence electrons. The van der Waals surface area contributed by atoms with Gasteiger partial charge in [-0.3, -0.25) is 4.90 Å². The lowest BCUT2D eigenvalue weighted by Gasteiger charge is -2.23. The Kier molecular flexibility index (Phi) is 6.89. The van der Waals surface area contributed by atoms with Gasteiger partial charge in [0, 0.05) is 38.7 Å². The van der Waals surface area contributed by atoms with Gasteiger partial charge in [0.1, 0.15) is 0 Å². The van der Waals surface area contributed by atoms with Crippen LogP contribution in [0.15, 0.2) is 24.3 Å². The van der Waals surface area contributed by atoms with Crippen LogP contribution >= 0.6 is 0 Å². The molecule has 2 aromatic rings. The fourth-order valence-electron chi connectivity index (χ4n) is 4.20. The van der Waals surface area contributed by atoms with Crippen LogP contribution in [0.2, 0.25) is 0 Å². The van der Waals surface area contributed by atoms with Gasteiger partial charge in [-0.2, -0.15) is 5.10 Å². The predicted octanol–water partition coefficient (Wildman–Crippen LogP) is 3.58. The molecule has 0 saturated carbocycles. The van der Waals surface area contributed by atoms with Crippen molar-refractivity contribution in [2.75, 3.05) is 47.0 Å². The summed E-state index contributed by atoms with van der Waals surface area (Å²) in [6, 6.07) is 6.58. The number of hydrogen-bond acceptors (Lipinski definition) is 5. The van der Waals surface area contributed by atoms with E-state index in [2.05, 4.69) is 29.2 Å². The first-order valence-corrected chi connectivity index (χ1v) is 11.1. The van der Waals surface area contributed by atoms with Crippen LogP contribution in [0.1, 0.15) is 43.2 Å². The summed E-state index contributed by atoms with van der Waals surface area (Å²) in [6.45, 7) is 3.93. The number of aromatic nitrogens is 2. The van der Waals surface area contributed by atoms with Crippen molar-refractivity contribution in [1.29, 1.82) is 0 Å². The van der Waals surface area contributed by atoms with E-state index in [1.807, 2.05) is 11.7 Å². The third kappa shape index (κ3) is 5.08. The number of nitrogens with zero attached hydrogens (tertiary/aromatic N) is 4. The van der Waals surface area contributed by atoms with Gasteiger partial charge in [-0.15, -0.1) is 0 Å². The monoisotopic (exact) mass is 428 g/mol. The lowest BCUT2D eigenvalue weighted by atomic mass is 9.99. The molecule has 1 aromatic heterocycles. The molecule has 2 aliphatic heterocycles. The zero-order chi connectivity index (χ0) is 21.8. The Labute approximate surface area is 183 Å². The van der Waals surface area contributed by atoms with E-state index >= 15 is 0 Å². The average Bonchev–Trinajstić information content (AvgIpc) is 3.16. The van der Waals surface area contributed by atoms with Gasteiger partial charge < -0.3 is 19.5 Å². The highest BCUT2D eigenvalue weighted by atomic mass is 16.5. The maximum Gasteiger partial charge on any atom is 0.407 e. The molecule has 1 N–H and O–H groups in total. The number of benzene rings is 1. The van der Waals surface area contributed by atoms with Crippen LogP contribution in [0.3, 0.4) is 0 Å². The molecule has 0 bridgehead atoms. The molecule has 1 saturated heterocycles. The van der Waals surface area contributed by atoms with Crippen molar-refractivity contribution in [2.24, 2.45) is 0 Å². The molecule has 1 aromatic carbocycles. The SMILES string of the molecule is CN(CCN(C)C(=O)O)Cc1nn(C2CCCCO2)c2ccc(C3=CCOCC3)cc12. The van der Waals surface area contributed by atoms with Gasteiger partial charge >= 0.3 is 6.09 Å². The van der Waals surface area contributed by atoms with Crippen molar-refractivity contribution in [3.63, 3.8) is 0 Å². The molecule has 0 radical (unpaired) electrons. The zero-order valence-electron chi connectivity index (χ0n) is 18.4. The minimum atomic E-state index is -0.910. The molecule has 1 amide bonds. The molecule has 0 spiro atoms. The van der Waals surface area contributed by atoms with Crippen LogP contribution in [0.25, 0.3) is 16.5 Å². The summed E-state index contributed by atoms with van der Waals surface area (Å²) in [4.78, 5) is 14.5. The van der Waals surface area contributed by atoms with Crippen LogP contribution in [-0.4, -0.2) is 77.8 Å². The van der Waals surface area contributed by atoms with E-state index in [1.165, 1.54) is 16.0 Å². The van der Waals surface area contributed by atoms with Crippen molar-refractivity contribution >= 4 is 22.6 Å². The summed E-state index contributed by atoms with van der Waals surface area (Å²) in [7, 11) is 3.59. The highest BCUT2D eigenvalue weighted by Gasteiger charge is 2.22. The number of hydrogen-bond donors (Lipinski definition) is 1. The lowest BCUT2D eigenvalue weighted by molar-refractivity contribution is -0.0370. The van der Waals surface area contributed by atoms with Crippen LogP contribution in [-0.2, 0) is 16.0 Å². The molecule has 3 heterocycles. The van der Waals surface area contributed by atoms with Crippen molar-refractivity contribution in [1.82, 2.24) is 19.6 Å². The van der Waals surface area contributed by atoms with Crippen LogP contribution in [0, 0.1) is 0 Å². The van der Waals surface area contributed by atoms with Gasteiger partial charge in [0.25, 0.3) is 0 Å². The number of amides is 1. The highest BCUT2D eigenvalue weighted by molar-refractivity contribution is 5.86. The Balaban J connectivity index is 1.62. The van der Waals surface area contributed by atoms with E-state index in [-0.39, 0.29) is 6.23 Å². The standard InChI is InChI=1S/C23H32N4O4/c1-25(10-11-26(2)23(28)29)16-20-19-15-18(17-8-13-30-14-9-17)6-7-21(19)27(24-20)22-5-3-4-12-31-22/h6-8,15,22H,3-5,9-14,16H2,1-2H3,(H,28,29). The molecule has 2 aliphatic rings. The van der Waals surface area contributed by atoms with Crippen LogP contribution in [0.4, 0.5) is 4.79 Å². The maximum absolute atomic E-state index is 11.1. The smallest absolute Gasteiger partial charge is 0.407 e. The average molecular weight is 429 g/mol. The molecule has 1 unspecified atom stereocenters. The predicted molar refractivity (Wildman–Crippen MR) is 119 cm³/mol. The summed E-state index contributed by atoms with van der Waals surface area (Å²) in [5.74, 6) is 0. The quantitative estimate of drug-likeness (QED) is 0.726. The van der Waals surface area contributed by atoms with E-state index in [4.69, 9.17) is 19.7 Å². The summed E-state index contributed by atoms with van der Waals surface area (Å²) >= 11 is 0. The van der Waals surface area contributed by atoms with E-state index in [0.29, 0.717) is 26.2 Å². The van der Waals surface area contributed by atoms with Gasteiger partial charge in [-0.1, -0.05) is 12.1 Å². The number of likely N-dealkylation sites (N-methyl/N-ethyl adjacent to an activating group) is 2. The second-order valence-corrected chi connectivity index (χ2v) is 8.44. The Bertz CT molecular complexity index is 948. The fourth-order valence-corrected chi connectivity index (χ4v) is 4.20. The van der Waals surface area contributed by atoms with Gasteiger partial charge in [-0.05, 0) is 56.0 Å². The topological polar surface area (TPSA) is 80.1 Å². The highest BCUT2D eigenvalue weighted by Crippen LogP contribution is 2.31. The summed E-state index contributed by atoms with van der Waals surface area (Å²) in [5, 5.41) is 15.2. The van der Waals surface area contributed by atoms with Crippen molar-refractivity contribution in [3.8, 4) is 0 Å². The molecule has 1 atom stereocenters. The minimum Gasteiger partial charge on any atom is -0.465 e. The Hall–Kier alpha value is -2.42. The van der Waals surface area contributed by atoms with E-state index < -0.39 is 6.09 Å². The van der Waals surface area contributed by atoms with E-state index in [0.717, 1.165) is 55.5 Å². The number of fused-ring (bicyclic) bond motifs is 1. The Morgan fingerprint density at radius 1 is 1.26 bits per heavy atom. The first kappa shape index (κ1) is 21.8. The van der Waals surface area contributed by atoms with Gasteiger partial charge in [0.2, 0.25) is 0 Å². The molecule has 0 aliphatic carbocycles. The zero-order valence-corrected chi connectivity index (χ0v) is 18.4. The second kappa shape index (κ2) is 9.80. The molecule has 8 nitrogen and oxygen atoms in total. The minimum absolute atomic E-state index is 0.0263. The third-order valence-electron chi connectivity index (χ3n) is 6.11. The van der Waals surface area contributed by atoms with Gasteiger partial charge in [0.05, 0.1) is 24.4 Å². The van der Waals surface area contributed by atoms with Crippen LogP contribution in [0.5, 0.6) is 0 Å². The number of rotatable bonds is 7. The molecule has 31 heavy (non-hydrogen) atoms. The van der Waals surface area contributed by atoms with Gasteiger partial charge in [0.15, 0.2) is 6.23 Å². The van der Waals surface area contributed by atoms with Crippen molar-refractivity contribution in [3.05, 3.63) is 35.5 Å². The summed E-state index contributed by atoms with van der Waals surface area (Å²) in [5.41, 5.74) is 4.63. The molecule has 8 heteroatoms. The van der Waals surface area contributed by atoms with Gasteiger partial charge in [-0.25, -0.2) is 9.48 Å². The normalized spacial score (nSPS) is 19.6. The maximum atomic E-state index is 11.1. The van der Waals surface area contributed by atoms with Crippen molar-refractivity contribution in [2.45, 2.75) is 38.5 Å². The fraction of sp³-hybridized carbons (Fsp3) is 0.565. The van der Waals surface area contributed by atoms with E-state index in [1.54, 1.807) is 7.05 Å². The molecule has 4 rings (SSSR count). The molecular weight excluding hydrogens is 396 g/mol. The lowest BCUT2D eigenvalue weighted by Crippen LogP contribution is -2.33. The van der Waals surface area contributed by atoms with E-state index in [9.17, 15) is 4.79 Å². The first-order chi connectivity index (χ1) is 15.0. The number of carboxylic acid groups (broad SMARTS) is 1. The second-order valence-electron chi connectivity index (χ2n) is 8.44. The Morgan fingerprint density at radius 3 is 2.84 bits per heavy atom. The number of ether oxygens (including phenoxy) is 2. The van der Waals surface area contributed by atoms with Crippen molar-refractivity contribution < 1.29 is 19.4 Å².